The zero-order valence-electron chi connectivity index (χ0n) is 79.4. The van der Waals surface area contributed by atoms with Gasteiger partial charge in [0, 0.05) is 41.4 Å². The lowest BCUT2D eigenvalue weighted by Gasteiger charge is -2.53. The molecule has 5 aliphatic heterocycles. The Bertz CT molecular complexity index is 3060. The topological polar surface area (TPSA) is 198 Å². The van der Waals surface area contributed by atoms with Crippen molar-refractivity contribution in [2.75, 3.05) is 79.3 Å². The molecule has 680 valence electrons. The van der Waals surface area contributed by atoms with Gasteiger partial charge < -0.3 is 56.8 Å². The first-order valence-corrected chi connectivity index (χ1v) is 44.7. The van der Waals surface area contributed by atoms with Crippen LogP contribution in [0.5, 0.6) is 0 Å². The van der Waals surface area contributed by atoms with E-state index in [-0.39, 0.29) is 80.4 Å². The minimum Gasteiger partial charge on any atom is -0.374 e. The Labute approximate surface area is 701 Å². The third-order valence-electron chi connectivity index (χ3n) is 23.1. The van der Waals surface area contributed by atoms with Crippen molar-refractivity contribution in [2.24, 2.45) is 112 Å². The van der Waals surface area contributed by atoms with Gasteiger partial charge in [0.05, 0.1) is 165 Å². The molecule has 0 radical (unpaired) electrons. The van der Waals surface area contributed by atoms with Crippen LogP contribution in [0.2, 0.25) is 0 Å². The molecule has 0 aromatic carbocycles. The van der Waals surface area contributed by atoms with Crippen LogP contribution in [0.3, 0.4) is 0 Å². The predicted octanol–water partition coefficient (Wildman–Crippen LogP) is 15.5. The summed E-state index contributed by atoms with van der Waals surface area (Å²) in [6.07, 6.45) is -24.2. The minimum absolute atomic E-state index is 0.240. The second kappa shape index (κ2) is 36.7. The largest absolute Gasteiger partial charge is 0.374 e. The second-order valence-corrected chi connectivity index (χ2v) is 51.6. The first kappa shape index (κ1) is 98.7. The van der Waals surface area contributed by atoms with Crippen molar-refractivity contribution in [1.82, 2.24) is 42.3 Å². The highest BCUT2D eigenvalue weighted by atomic mass is 19.2. The van der Waals surface area contributed by atoms with Crippen LogP contribution in [-0.2, 0) is 56.8 Å². The van der Waals surface area contributed by atoms with Crippen LogP contribution in [0.1, 0.15) is 256 Å². The highest BCUT2D eigenvalue weighted by Crippen LogP contribution is 2.55. The predicted molar refractivity (Wildman–Crippen MR) is 453 cm³/mol. The van der Waals surface area contributed by atoms with Gasteiger partial charge >= 0.3 is 0 Å². The molecule has 31 unspecified atom stereocenters. The average Bonchev–Trinajstić information content (AvgIpc) is 1.55. The fourth-order valence-electron chi connectivity index (χ4n) is 18.5. The Hall–Kier alpha value is -1.08. The van der Waals surface area contributed by atoms with Crippen molar-refractivity contribution in [3.8, 4) is 0 Å². The first-order chi connectivity index (χ1) is 52.6. The van der Waals surface area contributed by atoms with E-state index in [4.69, 9.17) is 56.8 Å². The smallest absolute Gasteiger partial charge is 0.162 e. The first-order valence-electron chi connectivity index (χ1n) is 44.7. The molecule has 4 aliphatic carbocycles. The molecule has 116 heavy (non-hydrogen) atoms. The van der Waals surface area contributed by atoms with E-state index in [1.807, 2.05) is 0 Å². The molecule has 9 fully saturated rings. The number of ether oxygens (including phenoxy) is 12. The van der Waals surface area contributed by atoms with Gasteiger partial charge in [0.2, 0.25) is 0 Å². The molecule has 24 heteroatoms. The summed E-state index contributed by atoms with van der Waals surface area (Å²) in [6.45, 7) is 81.6. The van der Waals surface area contributed by atoms with Crippen LogP contribution in [0, 0.1) is 112 Å². The molecule has 20 nitrogen and oxygen atoms in total. The maximum absolute atomic E-state index is 20.7. The van der Waals surface area contributed by atoms with Crippen molar-refractivity contribution in [2.45, 2.75) is 397 Å². The van der Waals surface area contributed by atoms with E-state index in [2.05, 4.69) is 286 Å². The number of halogens is 4. The van der Waals surface area contributed by atoms with E-state index < -0.39 is 199 Å². The number of fused-ring (bicyclic) bond motifs is 20. The van der Waals surface area contributed by atoms with Gasteiger partial charge in [-0.25, -0.2) is 13.2 Å². The summed E-state index contributed by atoms with van der Waals surface area (Å²) in [4.78, 5) is 0. The summed E-state index contributed by atoms with van der Waals surface area (Å²) in [6, 6.07) is 0. The van der Waals surface area contributed by atoms with Crippen LogP contribution >= 0.6 is 0 Å². The molecule has 31 atom stereocenters. The van der Waals surface area contributed by atoms with Gasteiger partial charge in [-0.05, 0) is 77.3 Å². The lowest BCUT2D eigenvalue weighted by Crippen LogP contribution is -2.68. The van der Waals surface area contributed by atoms with Crippen LogP contribution in [0.25, 0.3) is 0 Å². The number of alkyl halides is 3. The monoisotopic (exact) mass is 1660 g/mol. The van der Waals surface area contributed by atoms with Gasteiger partial charge in [-0.15, -0.1) is 9.60 Å². The fourth-order valence-corrected chi connectivity index (χ4v) is 18.5. The van der Waals surface area contributed by atoms with Crippen molar-refractivity contribution in [1.29, 1.82) is 0 Å². The molecule has 9 rings (SSSR count). The van der Waals surface area contributed by atoms with Gasteiger partial charge in [-0.1, -0.05) is 249 Å². The number of hydrogen-bond acceptors (Lipinski definition) is 20. The lowest BCUT2D eigenvalue weighted by molar-refractivity contribution is -0.257. The standard InChI is InChI=1S/C92H172F4N8O12/c1-81(2,3)38-105-61-53-54(62(106-39-82(4,5)6)68(112-45-88(22,23)24)67(61)111-44-87(19,20)21)76-99-75(53)98-73-50-37-51(93)59(94)60(95)52(50)74(97-73)102-79-57-58(66(110-43-86(16,17)18)72(116-49-92(34,35)36)71(115-48-91(31,32)33)65(57)109-42-85(13,14)15)80(104(79)96)103-78-56-55(77(100-76)101-78)63(107-40-83(7,8)9)69(113-46-89(25,26)27)70(114-47-90(28,29)30)64(56)108-41-84(10,11)12/h50-80,97-103H,37-49H2,1-36H3. The third-order valence-corrected chi connectivity index (χ3v) is 23.1. The maximum Gasteiger partial charge on any atom is 0.162 e. The normalized spacial score (nSPS) is 39.5. The van der Waals surface area contributed by atoms with E-state index in [9.17, 15) is 0 Å². The van der Waals surface area contributed by atoms with Gasteiger partial charge in [0.1, 0.15) is 49.0 Å². The maximum atomic E-state index is 20.7. The fraction of sp³-hybridized carbons (Fsp3) is 1.00. The van der Waals surface area contributed by atoms with E-state index >= 15 is 17.7 Å². The zero-order chi connectivity index (χ0) is 87.1. The van der Waals surface area contributed by atoms with Gasteiger partial charge in [0.15, 0.2) is 6.17 Å². The summed E-state index contributed by atoms with van der Waals surface area (Å²) >= 11 is 0. The van der Waals surface area contributed by atoms with Gasteiger partial charge in [-0.3, -0.25) is 37.2 Å². The Kier molecular flexibility index (Phi) is 31.2. The van der Waals surface area contributed by atoms with Crippen molar-refractivity contribution >= 4 is 0 Å². The third kappa shape index (κ3) is 26.5. The Morgan fingerprint density at radius 3 is 0.578 bits per heavy atom. The molecule has 0 aromatic heterocycles. The zero-order valence-corrected chi connectivity index (χ0v) is 79.4. The van der Waals surface area contributed by atoms with E-state index in [0.29, 0.717) is 59.5 Å². The molecule has 4 saturated carbocycles. The van der Waals surface area contributed by atoms with Crippen molar-refractivity contribution in [3.05, 3.63) is 0 Å². The number of rotatable bonds is 24. The average molecular weight is 1660 g/mol. The van der Waals surface area contributed by atoms with Crippen LogP contribution in [0.15, 0.2) is 0 Å². The molecular weight excluding hydrogens is 1490 g/mol. The van der Waals surface area contributed by atoms with Crippen molar-refractivity contribution < 1.29 is 74.5 Å². The molecule has 0 aromatic rings. The Morgan fingerprint density at radius 1 is 0.216 bits per heavy atom. The van der Waals surface area contributed by atoms with Crippen LogP contribution < -0.4 is 37.2 Å². The van der Waals surface area contributed by atoms with E-state index in [1.54, 1.807) is 0 Å². The molecule has 8 bridgehead atoms. The summed E-state index contributed by atoms with van der Waals surface area (Å²) in [5.41, 5.74) is -4.14. The lowest BCUT2D eigenvalue weighted by atomic mass is 9.69. The molecular formula is C92H172F4N8O12. The van der Waals surface area contributed by atoms with Crippen LogP contribution in [-0.4, -0.2) is 225 Å². The molecule has 5 saturated heterocycles. The highest BCUT2D eigenvalue weighted by Gasteiger charge is 2.71. The van der Waals surface area contributed by atoms with E-state index in [0.717, 1.165) is 5.12 Å². The molecule has 0 amide bonds. The summed E-state index contributed by atoms with van der Waals surface area (Å²) in [5.74, 6) is -6.05. The number of nitrogens with zero attached hydrogens (tertiary/aromatic N) is 1. The SMILES string of the molecule is CC(C)(C)COC1C(OCC(C)(C)C)C(OCC(C)(C)C)C2C3NC(NC4NC(NC5C6C(OCC(C)(C)C)C(OCC(C)(C)C)C(OCC(C)(C)C)C(OCC(C)(C)C)C6C(NC6NC(N3)C3C(OCC(C)(C)C)C(OCC(C)(C)C)C(OCC(C)(C)C)C(OCC(C)(C)C)C63)N5F)C3C(F)C(F)C(F)CC43)C2C1OCC(C)(C)C. The number of hydrogen-bond donors (Lipinski definition) is 7. The molecule has 5 heterocycles. The van der Waals surface area contributed by atoms with Gasteiger partial charge in [0.25, 0.3) is 0 Å². The second-order valence-electron chi connectivity index (χ2n) is 51.6. The van der Waals surface area contributed by atoms with E-state index in [1.165, 1.54) is 0 Å². The van der Waals surface area contributed by atoms with Gasteiger partial charge in [-0.2, -0.15) is 0 Å². The quantitative estimate of drug-likeness (QED) is 0.0355. The van der Waals surface area contributed by atoms with Crippen LogP contribution in [0.4, 0.5) is 17.7 Å². The summed E-state index contributed by atoms with van der Waals surface area (Å²) in [5, 5.41) is 29.7. The molecule has 0 spiro atoms. The highest BCUT2D eigenvalue weighted by molar-refractivity contribution is 5.20. The minimum atomic E-state index is -2.46. The van der Waals surface area contributed by atoms with Crippen molar-refractivity contribution in [3.63, 3.8) is 0 Å². The summed E-state index contributed by atoms with van der Waals surface area (Å²) < 4.78 is 164. The number of nitrogens with one attached hydrogen (secondary N) is 7. The Balaban J connectivity index is 1.41. The molecule has 9 aliphatic rings. The molecule has 7 N–H and O–H groups in total. The summed E-state index contributed by atoms with van der Waals surface area (Å²) in [7, 11) is 0. The Morgan fingerprint density at radius 2 is 0.379 bits per heavy atom.